The van der Waals surface area contributed by atoms with Crippen LogP contribution in [-0.4, -0.2) is 0 Å². The predicted octanol–water partition coefficient (Wildman–Crippen LogP) is 39.8. The molecule has 27 rings (SSSR count). The molecule has 140 heavy (non-hydrogen) atoms. The van der Waals surface area contributed by atoms with Gasteiger partial charge in [-0.2, -0.15) is 0 Å². The molecule has 0 saturated heterocycles. The standard InChI is InChI=1S/C70H45NS.C66H43NS/c1-2-14-46(15-3-1)48-34-38-54(39-35-48)71(56-42-43-64-62-23-7-6-21-60(62)61-22-8-9-24-63(61)68(64)45-56)55-40-36-49(37-41-55)47-30-32-50(33-31-47)52-18-10-19-53(44-52)58-25-12-28-66-67-29-13-27-65(70(67)72-69(58)66)59-26-11-17-51-16-4-5-20-57(51)59;1-3-14-44(15-4-1)46-32-36-52(37-33-46)67(54-40-41-61-59-22-8-7-20-57(59)58-21-9-10-23-60(58)64(61)43-54)53-38-34-47(35-39-53)45-28-30-48(31-29-45)50-18-11-19-51(42-50)56-25-13-27-63-62-26-12-24-55(65(62)68-66(56)63)49-16-5-2-6-17-49/h1-45H;1-43H. The van der Waals surface area contributed by atoms with Crippen LogP contribution >= 0.6 is 22.7 Å². The molecule has 0 aliphatic rings. The molecule has 0 N–H and O–H groups in total. The van der Waals surface area contributed by atoms with Gasteiger partial charge in [0.15, 0.2) is 0 Å². The minimum Gasteiger partial charge on any atom is -0.310 e. The van der Waals surface area contributed by atoms with Gasteiger partial charge in [-0.25, -0.2) is 0 Å². The molecule has 0 aliphatic carbocycles. The topological polar surface area (TPSA) is 6.48 Å². The summed E-state index contributed by atoms with van der Waals surface area (Å²) in [5, 5.41) is 23.0. The van der Waals surface area contributed by atoms with E-state index in [4.69, 9.17) is 0 Å². The summed E-state index contributed by atoms with van der Waals surface area (Å²) < 4.78 is 5.31. The van der Waals surface area contributed by atoms with Crippen LogP contribution in [0.3, 0.4) is 0 Å². The minimum absolute atomic E-state index is 1.10. The van der Waals surface area contributed by atoms with Crippen molar-refractivity contribution in [2.24, 2.45) is 0 Å². The molecule has 2 heterocycles. The van der Waals surface area contributed by atoms with E-state index in [0.29, 0.717) is 0 Å². The first-order chi connectivity index (χ1) is 69.4. The summed E-state index contributed by atoms with van der Waals surface area (Å²) >= 11 is 3.81. The maximum absolute atomic E-state index is 2.39. The van der Waals surface area contributed by atoms with Crippen LogP contribution in [0, 0.1) is 0 Å². The van der Waals surface area contributed by atoms with Gasteiger partial charge in [0.05, 0.1) is 0 Å². The minimum atomic E-state index is 1.10. The average Bonchev–Trinajstić information content (AvgIpc) is 0.825. The lowest BCUT2D eigenvalue weighted by molar-refractivity contribution is 1.29. The van der Waals surface area contributed by atoms with Crippen LogP contribution in [0.4, 0.5) is 34.1 Å². The molecule has 654 valence electrons. The van der Waals surface area contributed by atoms with E-state index in [1.165, 1.54) is 227 Å². The Morgan fingerprint density at radius 2 is 0.314 bits per heavy atom. The predicted molar refractivity (Wildman–Crippen MR) is 605 cm³/mol. The van der Waals surface area contributed by atoms with E-state index in [-0.39, 0.29) is 0 Å². The summed E-state index contributed by atoms with van der Waals surface area (Å²) in [6.45, 7) is 0. The quantitative estimate of drug-likeness (QED) is 0.0890. The van der Waals surface area contributed by atoms with Crippen molar-refractivity contribution in [1.29, 1.82) is 0 Å². The van der Waals surface area contributed by atoms with Gasteiger partial charge < -0.3 is 9.80 Å². The smallest absolute Gasteiger partial charge is 0.0468 e. The summed E-state index contributed by atoms with van der Waals surface area (Å²) in [6.07, 6.45) is 0. The number of fused-ring (bicyclic) bond motifs is 19. The molecule has 0 radical (unpaired) electrons. The third-order valence-electron chi connectivity index (χ3n) is 28.4. The molecule has 0 fully saturated rings. The average molecular weight is 1810 g/mol. The number of hydrogen-bond donors (Lipinski definition) is 0. The third-order valence-corrected chi connectivity index (χ3v) is 30.9. The van der Waals surface area contributed by atoms with Crippen LogP contribution in [0.15, 0.2) is 534 Å². The molecule has 0 bridgehead atoms. The van der Waals surface area contributed by atoms with E-state index in [9.17, 15) is 0 Å². The molecular formula is C136H88N2S2. The first-order valence-electron chi connectivity index (χ1n) is 48.0. The third kappa shape index (κ3) is 15.1. The van der Waals surface area contributed by atoms with Crippen LogP contribution < -0.4 is 9.80 Å². The van der Waals surface area contributed by atoms with Gasteiger partial charge in [-0.1, -0.05) is 449 Å². The summed E-state index contributed by atoms with van der Waals surface area (Å²) in [6, 6.07) is 196. The van der Waals surface area contributed by atoms with Crippen LogP contribution in [0.5, 0.6) is 0 Å². The number of thiophene rings is 2. The number of rotatable bonds is 16. The molecule has 2 aromatic heterocycles. The summed E-state index contributed by atoms with van der Waals surface area (Å²) in [5.74, 6) is 0. The summed E-state index contributed by atoms with van der Waals surface area (Å²) in [5.41, 5.74) is 31.1. The van der Waals surface area contributed by atoms with Gasteiger partial charge in [-0.05, 0) is 266 Å². The van der Waals surface area contributed by atoms with Crippen molar-refractivity contribution in [3.63, 3.8) is 0 Å². The largest absolute Gasteiger partial charge is 0.310 e. The van der Waals surface area contributed by atoms with E-state index in [2.05, 4.69) is 544 Å². The van der Waals surface area contributed by atoms with Gasteiger partial charge in [-0.3, -0.25) is 0 Å². The van der Waals surface area contributed by atoms with Crippen LogP contribution in [0.2, 0.25) is 0 Å². The fraction of sp³-hybridized carbons (Fsp3) is 0. The Labute approximate surface area is 821 Å². The molecule has 0 unspecified atom stereocenters. The van der Waals surface area contributed by atoms with E-state index < -0.39 is 0 Å². The summed E-state index contributed by atoms with van der Waals surface area (Å²) in [7, 11) is 0. The van der Waals surface area contributed by atoms with Crippen molar-refractivity contribution < 1.29 is 0 Å². The highest BCUT2D eigenvalue weighted by atomic mass is 32.1. The number of nitrogens with zero attached hydrogens (tertiary/aromatic N) is 2. The first kappa shape index (κ1) is 83.0. The summed E-state index contributed by atoms with van der Waals surface area (Å²) in [4.78, 5) is 4.78. The number of benzene rings is 25. The van der Waals surface area contributed by atoms with Gasteiger partial charge >= 0.3 is 0 Å². The number of anilines is 6. The number of hydrogen-bond acceptors (Lipinski definition) is 4. The van der Waals surface area contributed by atoms with E-state index in [0.717, 1.165) is 34.1 Å². The van der Waals surface area contributed by atoms with Crippen LogP contribution in [-0.2, 0) is 0 Å². The molecule has 0 atom stereocenters. The van der Waals surface area contributed by atoms with Crippen molar-refractivity contribution in [2.75, 3.05) is 9.80 Å². The second-order valence-corrected chi connectivity index (χ2v) is 38.4. The monoisotopic (exact) mass is 1810 g/mol. The van der Waals surface area contributed by atoms with Gasteiger partial charge in [0.1, 0.15) is 0 Å². The zero-order chi connectivity index (χ0) is 92.5. The van der Waals surface area contributed by atoms with E-state index in [1.807, 2.05) is 22.7 Å². The highest BCUT2D eigenvalue weighted by Gasteiger charge is 2.24. The molecule has 0 saturated carbocycles. The van der Waals surface area contributed by atoms with Gasteiger partial charge in [0.25, 0.3) is 0 Å². The van der Waals surface area contributed by atoms with E-state index >= 15 is 0 Å². The highest BCUT2D eigenvalue weighted by Crippen LogP contribution is 2.51. The fourth-order valence-electron chi connectivity index (χ4n) is 21.5. The molecule has 0 spiro atoms. The maximum atomic E-state index is 2.39. The van der Waals surface area contributed by atoms with Crippen molar-refractivity contribution in [3.8, 4) is 111 Å². The fourth-order valence-corrected chi connectivity index (χ4v) is 24.2. The van der Waals surface area contributed by atoms with Crippen LogP contribution in [0.25, 0.3) is 227 Å². The Morgan fingerprint density at radius 1 is 0.107 bits per heavy atom. The lowest BCUT2D eigenvalue weighted by Gasteiger charge is -2.26. The second-order valence-electron chi connectivity index (χ2n) is 36.4. The van der Waals surface area contributed by atoms with Crippen molar-refractivity contribution in [3.05, 3.63) is 534 Å². The second kappa shape index (κ2) is 35.6. The lowest BCUT2D eigenvalue weighted by Crippen LogP contribution is -2.10. The maximum Gasteiger partial charge on any atom is 0.0468 e. The van der Waals surface area contributed by atoms with Crippen molar-refractivity contribution in [1.82, 2.24) is 0 Å². The Bertz CT molecular complexity index is 9360. The van der Waals surface area contributed by atoms with Crippen molar-refractivity contribution in [2.45, 2.75) is 0 Å². The Balaban J connectivity index is 0.000000144. The molecule has 27 aromatic rings. The van der Waals surface area contributed by atoms with Crippen LogP contribution in [0.1, 0.15) is 0 Å². The lowest BCUT2D eigenvalue weighted by atomic mass is 9.94. The Morgan fingerprint density at radius 3 is 0.664 bits per heavy atom. The first-order valence-corrected chi connectivity index (χ1v) is 49.7. The normalized spacial score (nSPS) is 11.6. The molecule has 4 heteroatoms. The van der Waals surface area contributed by atoms with Crippen molar-refractivity contribution >= 4 is 173 Å². The SMILES string of the molecule is c1ccc(-c2ccc(N(c3ccc(-c4ccc(-c5cccc(-c6cccc7c6sc6c(-c8cccc9ccccc89)cccc67)c5)cc4)cc3)c3ccc4c5ccccc5c5ccccc5c4c3)cc2)cc1.c1ccc(-c2ccc(N(c3ccc(-c4ccc(-c5cccc(-c6cccc7c6sc6c(-c8ccccc8)cccc67)c5)cc4)cc3)c3ccc4c5ccccc5c5ccccc5c4c3)cc2)cc1. The Hall–Kier alpha value is -17.6. The van der Waals surface area contributed by atoms with E-state index in [1.54, 1.807) is 0 Å². The van der Waals surface area contributed by atoms with Gasteiger partial charge in [-0.15, -0.1) is 22.7 Å². The molecule has 0 amide bonds. The Kier molecular flexibility index (Phi) is 21.1. The van der Waals surface area contributed by atoms with Gasteiger partial charge in [0, 0.05) is 80.0 Å². The molecule has 0 aliphatic heterocycles. The zero-order valence-corrected chi connectivity index (χ0v) is 78.2. The zero-order valence-electron chi connectivity index (χ0n) is 76.5. The molecule has 2 nitrogen and oxygen atoms in total. The molecule has 25 aromatic carbocycles. The van der Waals surface area contributed by atoms with Gasteiger partial charge in [0.2, 0.25) is 0 Å². The molecular weight excluding hydrogens is 1730 g/mol. The highest BCUT2D eigenvalue weighted by molar-refractivity contribution is 7.27.